The second kappa shape index (κ2) is 4.93. The monoisotopic (exact) mass is 285 g/mol. The van der Waals surface area contributed by atoms with Gasteiger partial charge in [0.2, 0.25) is 0 Å². The van der Waals surface area contributed by atoms with E-state index in [9.17, 15) is 13.2 Å². The van der Waals surface area contributed by atoms with E-state index in [-0.39, 0.29) is 0 Å². The van der Waals surface area contributed by atoms with Crippen molar-refractivity contribution < 1.29 is 13.2 Å². The van der Waals surface area contributed by atoms with Gasteiger partial charge in [-0.2, -0.15) is 13.2 Å². The van der Waals surface area contributed by atoms with Crippen LogP contribution < -0.4 is 5.43 Å². The molecule has 0 bridgehead atoms. The quantitative estimate of drug-likeness (QED) is 0.901. The Bertz CT molecular complexity index is 475. The topological polar surface area (TPSA) is 18.5 Å². The van der Waals surface area contributed by atoms with Gasteiger partial charge in [0.05, 0.1) is 5.56 Å². The molecule has 0 unspecified atom stereocenters. The van der Waals surface area contributed by atoms with E-state index in [1.165, 1.54) is 12.1 Å². The zero-order valence-corrected chi connectivity index (χ0v) is 11.3. The lowest BCUT2D eigenvalue weighted by Crippen LogP contribution is -2.31. The lowest BCUT2D eigenvalue weighted by molar-refractivity contribution is -0.137. The smallest absolute Gasteiger partial charge is 0.319 e. The van der Waals surface area contributed by atoms with Crippen LogP contribution in [0.15, 0.2) is 24.3 Å². The maximum atomic E-state index is 12.7. The van der Waals surface area contributed by atoms with Gasteiger partial charge < -0.3 is 10.3 Å². The molecule has 6 heteroatoms. The van der Waals surface area contributed by atoms with Gasteiger partial charge in [-0.15, -0.1) is 0 Å². The Morgan fingerprint density at radius 1 is 1.10 bits per heavy atom. The lowest BCUT2D eigenvalue weighted by Gasteiger charge is -2.21. The fourth-order valence-electron chi connectivity index (χ4n) is 3.27. The summed E-state index contributed by atoms with van der Waals surface area (Å²) in [6, 6.07) is 5.38. The molecule has 2 heterocycles. The number of nitrogens with zero attached hydrogens (tertiary/aromatic N) is 2. The first-order valence-electron chi connectivity index (χ1n) is 6.79. The Balaban J connectivity index is 1.65. The summed E-state index contributed by atoms with van der Waals surface area (Å²) in [7, 11) is 2.11. The van der Waals surface area contributed by atoms with Gasteiger partial charge in [-0.3, -0.25) is 0 Å². The lowest BCUT2D eigenvalue weighted by atomic mass is 10.0. The van der Waals surface area contributed by atoms with E-state index in [4.69, 9.17) is 0 Å². The van der Waals surface area contributed by atoms with Crippen molar-refractivity contribution in [2.75, 3.05) is 38.7 Å². The largest absolute Gasteiger partial charge is 0.416 e. The summed E-state index contributed by atoms with van der Waals surface area (Å²) in [5, 5.41) is 2.04. The Labute approximate surface area is 116 Å². The molecule has 0 saturated carbocycles. The highest BCUT2D eigenvalue weighted by atomic mass is 19.4. The van der Waals surface area contributed by atoms with Crippen LogP contribution in [0.25, 0.3) is 0 Å². The highest BCUT2D eigenvalue weighted by Gasteiger charge is 2.38. The number of rotatable bonds is 2. The van der Waals surface area contributed by atoms with Gasteiger partial charge >= 0.3 is 6.18 Å². The van der Waals surface area contributed by atoms with Crippen molar-refractivity contribution in [3.8, 4) is 0 Å². The minimum Gasteiger partial charge on any atom is -0.319 e. The summed E-state index contributed by atoms with van der Waals surface area (Å²) in [6.45, 7) is 3.94. The minimum atomic E-state index is -4.29. The molecule has 1 aromatic rings. The average molecular weight is 285 g/mol. The SMILES string of the molecule is CN1C[C@@H]2CN(Nc3cccc(C(F)(F)F)c3)C[C@@H]2C1. The van der Waals surface area contributed by atoms with Crippen LogP contribution in [0.1, 0.15) is 5.56 Å². The molecular formula is C14H18F3N3. The summed E-state index contributed by atoms with van der Waals surface area (Å²) in [5.74, 6) is 1.25. The highest BCUT2D eigenvalue weighted by molar-refractivity contribution is 5.45. The Kier molecular flexibility index (Phi) is 3.38. The van der Waals surface area contributed by atoms with E-state index >= 15 is 0 Å². The molecule has 0 aromatic heterocycles. The summed E-state index contributed by atoms with van der Waals surface area (Å²) in [5.41, 5.74) is 3.01. The fourth-order valence-corrected chi connectivity index (χ4v) is 3.27. The van der Waals surface area contributed by atoms with Gasteiger partial charge in [0.1, 0.15) is 0 Å². The van der Waals surface area contributed by atoms with Gasteiger partial charge in [-0.25, -0.2) is 5.01 Å². The first kappa shape index (κ1) is 13.7. The van der Waals surface area contributed by atoms with Crippen LogP contribution in [0.4, 0.5) is 18.9 Å². The van der Waals surface area contributed by atoms with Crippen LogP contribution in [-0.4, -0.2) is 43.1 Å². The predicted octanol–water partition coefficient (Wildman–Crippen LogP) is 2.53. The molecule has 20 heavy (non-hydrogen) atoms. The summed E-state index contributed by atoms with van der Waals surface area (Å²) < 4.78 is 38.0. The van der Waals surface area contributed by atoms with E-state index in [1.807, 2.05) is 5.01 Å². The van der Waals surface area contributed by atoms with Gasteiger partial charge in [-0.05, 0) is 37.1 Å². The van der Waals surface area contributed by atoms with E-state index in [0.29, 0.717) is 17.5 Å². The van der Waals surface area contributed by atoms with Crippen molar-refractivity contribution in [3.05, 3.63) is 29.8 Å². The van der Waals surface area contributed by atoms with Gasteiger partial charge in [0, 0.05) is 31.9 Å². The predicted molar refractivity (Wildman–Crippen MR) is 71.1 cm³/mol. The van der Waals surface area contributed by atoms with E-state index in [1.54, 1.807) is 6.07 Å². The van der Waals surface area contributed by atoms with Gasteiger partial charge in [0.25, 0.3) is 0 Å². The Hall–Kier alpha value is -1.27. The molecule has 0 amide bonds. The van der Waals surface area contributed by atoms with Crippen molar-refractivity contribution in [2.24, 2.45) is 11.8 Å². The van der Waals surface area contributed by atoms with Crippen molar-refractivity contribution in [1.29, 1.82) is 0 Å². The Morgan fingerprint density at radius 2 is 1.75 bits per heavy atom. The third-order valence-corrected chi connectivity index (χ3v) is 4.15. The molecule has 2 aliphatic rings. The molecule has 0 spiro atoms. The number of likely N-dealkylation sites (tertiary alicyclic amines) is 1. The highest BCUT2D eigenvalue weighted by Crippen LogP contribution is 2.33. The van der Waals surface area contributed by atoms with E-state index < -0.39 is 11.7 Å². The number of hydrogen-bond donors (Lipinski definition) is 1. The number of hydrogen-bond acceptors (Lipinski definition) is 3. The number of halogens is 3. The van der Waals surface area contributed by atoms with E-state index in [0.717, 1.165) is 32.2 Å². The second-order valence-corrected chi connectivity index (χ2v) is 5.84. The molecule has 0 aliphatic carbocycles. The Morgan fingerprint density at radius 3 is 2.35 bits per heavy atom. The summed E-state index contributed by atoms with van der Waals surface area (Å²) in [4.78, 5) is 2.32. The van der Waals surface area contributed by atoms with Crippen molar-refractivity contribution in [3.63, 3.8) is 0 Å². The summed E-state index contributed by atoms with van der Waals surface area (Å²) in [6.07, 6.45) is -4.29. The average Bonchev–Trinajstić information content (AvgIpc) is 2.84. The second-order valence-electron chi connectivity index (χ2n) is 5.84. The molecule has 2 atom stereocenters. The molecule has 1 aromatic carbocycles. The third-order valence-electron chi connectivity index (χ3n) is 4.15. The van der Waals surface area contributed by atoms with Crippen molar-refractivity contribution in [2.45, 2.75) is 6.18 Å². The van der Waals surface area contributed by atoms with Crippen LogP contribution in [0.5, 0.6) is 0 Å². The number of alkyl halides is 3. The molecular weight excluding hydrogens is 267 g/mol. The number of benzene rings is 1. The van der Waals surface area contributed by atoms with Crippen LogP contribution in [0.3, 0.4) is 0 Å². The third kappa shape index (κ3) is 2.76. The minimum absolute atomic E-state index is 0.508. The van der Waals surface area contributed by atoms with E-state index in [2.05, 4.69) is 17.4 Å². The molecule has 0 radical (unpaired) electrons. The molecule has 2 aliphatic heterocycles. The van der Waals surface area contributed by atoms with Crippen LogP contribution in [0.2, 0.25) is 0 Å². The number of anilines is 1. The first-order valence-corrected chi connectivity index (χ1v) is 6.79. The molecule has 2 saturated heterocycles. The maximum absolute atomic E-state index is 12.7. The number of hydrazine groups is 1. The molecule has 3 nitrogen and oxygen atoms in total. The summed E-state index contributed by atoms with van der Waals surface area (Å²) >= 11 is 0. The maximum Gasteiger partial charge on any atom is 0.416 e. The van der Waals surface area contributed by atoms with Gasteiger partial charge in [0.15, 0.2) is 0 Å². The number of nitrogens with one attached hydrogen (secondary N) is 1. The normalized spacial score (nSPS) is 27.8. The molecule has 110 valence electrons. The van der Waals surface area contributed by atoms with Gasteiger partial charge in [-0.1, -0.05) is 6.07 Å². The van der Waals surface area contributed by atoms with Crippen molar-refractivity contribution in [1.82, 2.24) is 9.91 Å². The zero-order valence-electron chi connectivity index (χ0n) is 11.3. The van der Waals surface area contributed by atoms with Crippen LogP contribution in [-0.2, 0) is 6.18 Å². The number of fused-ring (bicyclic) bond motifs is 1. The standard InChI is InChI=1S/C14H18F3N3/c1-19-6-10-8-20(9-11(10)7-19)18-13-4-2-3-12(5-13)14(15,16)17/h2-5,10-11,18H,6-9H2,1H3/t10-,11+. The zero-order chi connectivity index (χ0) is 14.3. The molecule has 1 N–H and O–H groups in total. The molecule has 2 fully saturated rings. The van der Waals surface area contributed by atoms with Crippen molar-refractivity contribution >= 4 is 5.69 Å². The fraction of sp³-hybridized carbons (Fsp3) is 0.571. The molecule has 3 rings (SSSR count). The van der Waals surface area contributed by atoms with Crippen LogP contribution >= 0.6 is 0 Å². The van der Waals surface area contributed by atoms with Crippen LogP contribution in [0, 0.1) is 11.8 Å². The first-order chi connectivity index (χ1) is 9.41.